The number of amides is 1. The number of methoxy groups -OCH3 is 1. The summed E-state index contributed by atoms with van der Waals surface area (Å²) in [6.45, 7) is 3.79. The highest BCUT2D eigenvalue weighted by atomic mass is 16.5. The van der Waals surface area contributed by atoms with E-state index in [2.05, 4.69) is 45.7 Å². The number of allylic oxidation sites excluding steroid dienone is 7. The number of aryl methyl sites for hydroxylation is 1. The lowest BCUT2D eigenvalue weighted by atomic mass is 9.79. The van der Waals surface area contributed by atoms with E-state index >= 15 is 0 Å². The van der Waals surface area contributed by atoms with Crippen LogP contribution in [0.5, 0.6) is 0 Å². The van der Waals surface area contributed by atoms with E-state index in [4.69, 9.17) is 4.74 Å². The number of carbonyl (C=O) groups is 1. The van der Waals surface area contributed by atoms with Crippen LogP contribution in [0, 0.1) is 18.3 Å². The van der Waals surface area contributed by atoms with Crippen molar-refractivity contribution in [2.24, 2.45) is 11.3 Å². The zero-order valence-corrected chi connectivity index (χ0v) is 14.1. The fraction of sp³-hybridized carbons (Fsp3) is 0.368. The van der Waals surface area contributed by atoms with Gasteiger partial charge in [0, 0.05) is 26.0 Å². The average molecular weight is 327 g/mol. The molecule has 128 valence electrons. The van der Waals surface area contributed by atoms with E-state index < -0.39 is 0 Å². The van der Waals surface area contributed by atoms with Crippen LogP contribution in [-0.2, 0) is 9.53 Å². The standard InChI is InChI=1S/C19H21N3O2.2H2/c1-4-15(23)21-18-20-11(2)17(22-18)16-13-7-5-6-12-10-19(12,13)9-8-14(16)24-3;;/h5-9,12H,4,10H2,1-3H3,(H2,20,21,22,23);2*1H. The van der Waals surface area contributed by atoms with Crippen molar-refractivity contribution in [3.63, 3.8) is 0 Å². The lowest BCUT2D eigenvalue weighted by Gasteiger charge is -2.27. The molecule has 0 radical (unpaired) electrons. The first-order valence-electron chi connectivity index (χ1n) is 8.32. The highest BCUT2D eigenvalue weighted by Gasteiger charge is 2.56. The van der Waals surface area contributed by atoms with Crippen LogP contribution < -0.4 is 5.32 Å². The molecular formula is C19H25N3O2. The number of aromatic amines is 1. The molecule has 1 aromatic rings. The molecule has 24 heavy (non-hydrogen) atoms. The van der Waals surface area contributed by atoms with Crippen LogP contribution in [0.2, 0.25) is 0 Å². The zero-order chi connectivity index (χ0) is 16.9. The second-order valence-electron chi connectivity index (χ2n) is 6.55. The number of anilines is 1. The molecule has 2 atom stereocenters. The van der Waals surface area contributed by atoms with Crippen LogP contribution in [0.25, 0.3) is 5.57 Å². The summed E-state index contributed by atoms with van der Waals surface area (Å²) in [4.78, 5) is 19.5. The van der Waals surface area contributed by atoms with Gasteiger partial charge in [0.2, 0.25) is 11.9 Å². The van der Waals surface area contributed by atoms with Gasteiger partial charge in [-0.15, -0.1) is 0 Å². The molecule has 4 rings (SSSR count). The molecule has 1 spiro atoms. The van der Waals surface area contributed by atoms with E-state index in [1.54, 1.807) is 7.11 Å². The minimum Gasteiger partial charge on any atom is -0.496 e. The van der Waals surface area contributed by atoms with Crippen LogP contribution in [0.1, 0.15) is 34.0 Å². The highest BCUT2D eigenvalue weighted by molar-refractivity contribution is 5.91. The number of hydrogen-bond donors (Lipinski definition) is 2. The van der Waals surface area contributed by atoms with Crippen LogP contribution in [-0.4, -0.2) is 23.0 Å². The fourth-order valence-corrected chi connectivity index (χ4v) is 3.73. The van der Waals surface area contributed by atoms with Gasteiger partial charge in [0.25, 0.3) is 0 Å². The van der Waals surface area contributed by atoms with Crippen molar-refractivity contribution < 1.29 is 12.4 Å². The maximum absolute atomic E-state index is 11.6. The molecule has 1 amide bonds. The van der Waals surface area contributed by atoms with Gasteiger partial charge in [-0.2, -0.15) is 0 Å². The number of imidazole rings is 1. The molecule has 1 heterocycles. The predicted molar refractivity (Wildman–Crippen MR) is 97.3 cm³/mol. The van der Waals surface area contributed by atoms with E-state index in [-0.39, 0.29) is 14.2 Å². The lowest BCUT2D eigenvalue weighted by Crippen LogP contribution is -2.15. The minimum atomic E-state index is -0.0571. The van der Waals surface area contributed by atoms with Crippen LogP contribution in [0.3, 0.4) is 0 Å². The molecule has 1 aromatic heterocycles. The summed E-state index contributed by atoms with van der Waals surface area (Å²) < 4.78 is 5.62. The van der Waals surface area contributed by atoms with Gasteiger partial charge in [-0.25, -0.2) is 4.98 Å². The van der Waals surface area contributed by atoms with Crippen molar-refractivity contribution in [2.45, 2.75) is 26.7 Å². The first-order valence-corrected chi connectivity index (χ1v) is 8.32. The van der Waals surface area contributed by atoms with Crippen LogP contribution in [0.15, 0.2) is 41.7 Å². The summed E-state index contributed by atoms with van der Waals surface area (Å²) >= 11 is 0. The van der Waals surface area contributed by atoms with Crippen LogP contribution >= 0.6 is 0 Å². The molecule has 0 saturated heterocycles. The maximum atomic E-state index is 11.6. The summed E-state index contributed by atoms with van der Waals surface area (Å²) in [6, 6.07) is 0. The number of aromatic nitrogens is 2. The van der Waals surface area contributed by atoms with Crippen molar-refractivity contribution in [3.8, 4) is 0 Å². The number of H-pyrrole nitrogens is 1. The number of hydrogen-bond acceptors (Lipinski definition) is 3. The Labute approximate surface area is 144 Å². The van der Waals surface area contributed by atoms with Crippen molar-refractivity contribution in [2.75, 3.05) is 12.4 Å². The van der Waals surface area contributed by atoms with E-state index in [0.717, 1.165) is 29.1 Å². The minimum absolute atomic E-state index is 0. The molecular weight excluding hydrogens is 302 g/mol. The van der Waals surface area contributed by atoms with Gasteiger partial charge in [-0.05, 0) is 30.9 Å². The number of nitrogens with zero attached hydrogens (tertiary/aromatic N) is 1. The Morgan fingerprint density at radius 3 is 3.17 bits per heavy atom. The van der Waals surface area contributed by atoms with Crippen molar-refractivity contribution in [3.05, 3.63) is 53.1 Å². The van der Waals surface area contributed by atoms with Crippen LogP contribution in [0.4, 0.5) is 5.95 Å². The monoisotopic (exact) mass is 327 g/mol. The Balaban J connectivity index is 0.00000121. The van der Waals surface area contributed by atoms with Gasteiger partial charge in [-0.3, -0.25) is 10.1 Å². The lowest BCUT2D eigenvalue weighted by molar-refractivity contribution is -0.115. The van der Waals surface area contributed by atoms with Crippen molar-refractivity contribution in [1.82, 2.24) is 9.97 Å². The van der Waals surface area contributed by atoms with Crippen molar-refractivity contribution >= 4 is 17.4 Å². The largest absolute Gasteiger partial charge is 0.496 e. The van der Waals surface area contributed by atoms with Gasteiger partial charge >= 0.3 is 0 Å². The quantitative estimate of drug-likeness (QED) is 0.878. The van der Waals surface area contributed by atoms with E-state index in [9.17, 15) is 4.79 Å². The molecule has 0 aliphatic heterocycles. The highest BCUT2D eigenvalue weighted by Crippen LogP contribution is 2.65. The molecule has 0 bridgehead atoms. The predicted octanol–water partition coefficient (Wildman–Crippen LogP) is 3.99. The topological polar surface area (TPSA) is 67.0 Å². The molecule has 5 nitrogen and oxygen atoms in total. The Bertz CT molecular complexity index is 851. The average Bonchev–Trinajstić information content (AvgIpc) is 3.20. The smallest absolute Gasteiger partial charge is 0.226 e. The SMILES string of the molecule is CCC(=O)Nc1nc(C2=C(OC)C=CC34CC3C=CC=C24)c(C)[nH]1.[HH].[HH]. The van der Waals surface area contributed by atoms with Gasteiger partial charge in [0.05, 0.1) is 12.8 Å². The molecule has 2 N–H and O–H groups in total. The van der Waals surface area contributed by atoms with E-state index in [1.165, 1.54) is 5.57 Å². The molecule has 5 heteroatoms. The summed E-state index contributed by atoms with van der Waals surface area (Å²) in [5.41, 5.74) is 4.15. The third-order valence-electron chi connectivity index (χ3n) is 5.14. The first-order chi connectivity index (χ1) is 11.6. The number of ether oxygens (including phenoxy) is 1. The third kappa shape index (κ3) is 2.08. The number of carbonyl (C=O) groups excluding carboxylic acids is 1. The molecule has 0 aromatic carbocycles. The summed E-state index contributed by atoms with van der Waals surface area (Å²) in [7, 11) is 1.68. The summed E-state index contributed by atoms with van der Waals surface area (Å²) in [6.07, 6.45) is 12.4. The third-order valence-corrected chi connectivity index (χ3v) is 5.14. The number of rotatable bonds is 4. The maximum Gasteiger partial charge on any atom is 0.226 e. The molecule has 2 unspecified atom stereocenters. The Morgan fingerprint density at radius 1 is 1.58 bits per heavy atom. The van der Waals surface area contributed by atoms with E-state index in [0.29, 0.717) is 18.3 Å². The molecule has 1 saturated carbocycles. The van der Waals surface area contributed by atoms with Gasteiger partial charge < -0.3 is 9.72 Å². The summed E-state index contributed by atoms with van der Waals surface area (Å²) in [5, 5.41) is 2.80. The van der Waals surface area contributed by atoms with Crippen molar-refractivity contribution in [1.29, 1.82) is 0 Å². The van der Waals surface area contributed by atoms with Gasteiger partial charge in [-0.1, -0.05) is 31.2 Å². The first kappa shape index (κ1) is 15.0. The Hall–Kier alpha value is -2.56. The molecule has 3 aliphatic carbocycles. The van der Waals surface area contributed by atoms with Gasteiger partial charge in [0.15, 0.2) is 0 Å². The van der Waals surface area contributed by atoms with Gasteiger partial charge in [0.1, 0.15) is 5.76 Å². The normalized spacial score (nSPS) is 26.6. The second-order valence-corrected chi connectivity index (χ2v) is 6.55. The molecule has 3 aliphatic rings. The number of nitrogens with one attached hydrogen (secondary N) is 2. The fourth-order valence-electron chi connectivity index (χ4n) is 3.73. The zero-order valence-electron chi connectivity index (χ0n) is 14.1. The Kier molecular flexibility index (Phi) is 3.27. The Morgan fingerprint density at radius 2 is 2.42 bits per heavy atom. The summed E-state index contributed by atoms with van der Waals surface area (Å²) in [5.74, 6) is 1.81. The van der Waals surface area contributed by atoms with E-state index in [1.807, 2.05) is 13.8 Å². The second kappa shape index (κ2) is 5.23. The molecule has 1 fully saturated rings.